The second kappa shape index (κ2) is 6.59. The summed E-state index contributed by atoms with van der Waals surface area (Å²) >= 11 is 9.47. The molecule has 0 amide bonds. The van der Waals surface area contributed by atoms with Crippen molar-refractivity contribution < 1.29 is 0 Å². The largest absolute Gasteiger partial charge is 0.305 e. The molecule has 0 fully saturated rings. The molecular weight excluding hydrogens is 372 g/mol. The Kier molecular flexibility index (Phi) is 4.29. The van der Waals surface area contributed by atoms with Crippen LogP contribution >= 0.6 is 34.3 Å². The number of halogens is 1. The molecule has 0 spiro atoms. The van der Waals surface area contributed by atoms with Gasteiger partial charge in [-0.15, -0.1) is 22.7 Å². The molecule has 0 aliphatic rings. The van der Waals surface area contributed by atoms with E-state index < -0.39 is 0 Å². The smallest absolute Gasteiger partial charge is 0.260 e. The van der Waals surface area contributed by atoms with E-state index in [1.54, 1.807) is 11.3 Å². The summed E-state index contributed by atoms with van der Waals surface area (Å²) in [5.41, 5.74) is 2.88. The number of nitrogens with one attached hydrogen (secondary N) is 1. The molecular formula is C19H13ClN2OS2. The second-order valence-electron chi connectivity index (χ2n) is 5.63. The Bertz CT molecular complexity index is 1140. The fourth-order valence-electron chi connectivity index (χ4n) is 2.65. The van der Waals surface area contributed by atoms with E-state index >= 15 is 0 Å². The lowest BCUT2D eigenvalue weighted by Gasteiger charge is -2.01. The number of hydrogen-bond donors (Lipinski definition) is 1. The SMILES string of the molecule is Cc1cccc(/C=C(\Cl)c2nc3scc(-c4cccs4)c3c(=O)[nH]2)c1. The number of aromatic nitrogens is 2. The molecule has 0 saturated heterocycles. The Balaban J connectivity index is 1.81. The maximum atomic E-state index is 12.6. The van der Waals surface area contributed by atoms with E-state index in [1.807, 2.05) is 60.2 Å². The van der Waals surface area contributed by atoms with Crippen LogP contribution < -0.4 is 5.56 Å². The van der Waals surface area contributed by atoms with Gasteiger partial charge in [0.25, 0.3) is 5.56 Å². The van der Waals surface area contributed by atoms with E-state index in [0.717, 1.165) is 21.6 Å². The van der Waals surface area contributed by atoms with Crippen LogP contribution in [0.15, 0.2) is 52.0 Å². The molecule has 0 unspecified atom stereocenters. The molecule has 0 saturated carbocycles. The minimum atomic E-state index is -0.166. The summed E-state index contributed by atoms with van der Waals surface area (Å²) in [5.74, 6) is 0.389. The van der Waals surface area contributed by atoms with Gasteiger partial charge >= 0.3 is 0 Å². The van der Waals surface area contributed by atoms with Crippen LogP contribution in [-0.2, 0) is 0 Å². The quantitative estimate of drug-likeness (QED) is 0.488. The molecule has 124 valence electrons. The Morgan fingerprint density at radius 2 is 2.12 bits per heavy atom. The molecule has 1 N–H and O–H groups in total. The number of thiophene rings is 2. The molecule has 3 aromatic heterocycles. The molecule has 0 aliphatic carbocycles. The van der Waals surface area contributed by atoms with Gasteiger partial charge in [-0.25, -0.2) is 4.98 Å². The highest BCUT2D eigenvalue weighted by Crippen LogP contribution is 2.34. The summed E-state index contributed by atoms with van der Waals surface area (Å²) in [4.78, 5) is 21.7. The van der Waals surface area contributed by atoms with Crippen molar-refractivity contribution in [1.82, 2.24) is 9.97 Å². The lowest BCUT2D eigenvalue weighted by molar-refractivity contribution is 1.14. The molecule has 0 bridgehead atoms. The van der Waals surface area contributed by atoms with E-state index in [-0.39, 0.29) is 5.56 Å². The highest BCUT2D eigenvalue weighted by molar-refractivity contribution is 7.18. The summed E-state index contributed by atoms with van der Waals surface area (Å²) in [7, 11) is 0. The number of fused-ring (bicyclic) bond motifs is 1. The molecule has 6 heteroatoms. The standard InChI is InChI=1S/C19H13ClN2OS2/c1-11-4-2-5-12(8-11)9-14(20)17-21-18(23)16-13(10-25-19(16)22-17)15-6-3-7-24-15/h2-10H,1H3,(H,21,22,23)/b14-9-. The fraction of sp³-hybridized carbons (Fsp3) is 0.0526. The van der Waals surface area contributed by atoms with Gasteiger partial charge in [0.1, 0.15) is 4.83 Å². The van der Waals surface area contributed by atoms with Crippen LogP contribution in [0.2, 0.25) is 0 Å². The third kappa shape index (κ3) is 3.18. The first-order valence-electron chi connectivity index (χ1n) is 7.61. The monoisotopic (exact) mass is 384 g/mol. The molecule has 0 radical (unpaired) electrons. The maximum Gasteiger partial charge on any atom is 0.260 e. The van der Waals surface area contributed by atoms with Crippen molar-refractivity contribution >= 4 is 55.6 Å². The predicted molar refractivity (Wildman–Crippen MR) is 108 cm³/mol. The van der Waals surface area contributed by atoms with Gasteiger partial charge in [-0.2, -0.15) is 0 Å². The van der Waals surface area contributed by atoms with Crippen LogP contribution in [0.3, 0.4) is 0 Å². The molecule has 0 atom stereocenters. The molecule has 4 rings (SSSR count). The summed E-state index contributed by atoms with van der Waals surface area (Å²) in [5, 5.41) is 5.00. The van der Waals surface area contributed by atoms with Crippen molar-refractivity contribution in [3.8, 4) is 10.4 Å². The highest BCUT2D eigenvalue weighted by atomic mass is 35.5. The van der Waals surface area contributed by atoms with Crippen molar-refractivity contribution in [2.45, 2.75) is 6.92 Å². The summed E-state index contributed by atoms with van der Waals surface area (Å²) < 4.78 is 0. The maximum absolute atomic E-state index is 12.6. The van der Waals surface area contributed by atoms with E-state index in [1.165, 1.54) is 11.3 Å². The van der Waals surface area contributed by atoms with Gasteiger partial charge in [0, 0.05) is 15.8 Å². The first-order valence-corrected chi connectivity index (χ1v) is 9.75. The average Bonchev–Trinajstić information content (AvgIpc) is 3.23. The first-order chi connectivity index (χ1) is 12.1. The van der Waals surface area contributed by atoms with E-state index in [0.29, 0.717) is 21.1 Å². The molecule has 3 nitrogen and oxygen atoms in total. The zero-order chi connectivity index (χ0) is 17.4. The predicted octanol–water partition coefficient (Wildman–Crippen LogP) is 5.76. The van der Waals surface area contributed by atoms with E-state index in [4.69, 9.17) is 11.6 Å². The van der Waals surface area contributed by atoms with Crippen molar-refractivity contribution in [3.05, 3.63) is 74.5 Å². The number of rotatable bonds is 3. The van der Waals surface area contributed by atoms with Crippen molar-refractivity contribution in [2.75, 3.05) is 0 Å². The summed E-state index contributed by atoms with van der Waals surface area (Å²) in [6.45, 7) is 2.02. The highest BCUT2D eigenvalue weighted by Gasteiger charge is 2.14. The lowest BCUT2D eigenvalue weighted by Crippen LogP contribution is -2.10. The topological polar surface area (TPSA) is 45.8 Å². The van der Waals surface area contributed by atoms with Crippen LogP contribution in [0.1, 0.15) is 17.0 Å². The van der Waals surface area contributed by atoms with Gasteiger partial charge in [0.2, 0.25) is 0 Å². The number of aryl methyl sites for hydroxylation is 1. The fourth-order valence-corrected chi connectivity index (χ4v) is 4.63. The van der Waals surface area contributed by atoms with Gasteiger partial charge < -0.3 is 4.98 Å². The number of aromatic amines is 1. The van der Waals surface area contributed by atoms with E-state index in [9.17, 15) is 4.79 Å². The van der Waals surface area contributed by atoms with Gasteiger partial charge in [0.15, 0.2) is 5.82 Å². The normalized spacial score (nSPS) is 12.0. The Labute approximate surface area is 157 Å². The van der Waals surface area contributed by atoms with Crippen molar-refractivity contribution in [3.63, 3.8) is 0 Å². The van der Waals surface area contributed by atoms with Gasteiger partial charge in [-0.1, -0.05) is 47.5 Å². The third-order valence-electron chi connectivity index (χ3n) is 3.79. The van der Waals surface area contributed by atoms with Crippen LogP contribution in [0.4, 0.5) is 0 Å². The molecule has 3 heterocycles. The number of H-pyrrole nitrogens is 1. The van der Waals surface area contributed by atoms with E-state index in [2.05, 4.69) is 9.97 Å². The number of hydrogen-bond acceptors (Lipinski definition) is 4. The Morgan fingerprint density at radius 3 is 2.88 bits per heavy atom. The summed E-state index contributed by atoms with van der Waals surface area (Å²) in [6, 6.07) is 12.0. The number of benzene rings is 1. The average molecular weight is 385 g/mol. The molecule has 0 aliphatic heterocycles. The second-order valence-corrected chi connectivity index (χ2v) is 7.84. The zero-order valence-corrected chi connectivity index (χ0v) is 15.6. The minimum absolute atomic E-state index is 0.166. The van der Waals surface area contributed by atoms with Gasteiger partial charge in [0.05, 0.1) is 10.4 Å². The minimum Gasteiger partial charge on any atom is -0.305 e. The van der Waals surface area contributed by atoms with Crippen LogP contribution in [0.5, 0.6) is 0 Å². The third-order valence-corrected chi connectivity index (χ3v) is 5.86. The number of nitrogens with zero attached hydrogens (tertiary/aromatic N) is 1. The first kappa shape index (κ1) is 16.3. The molecule has 1 aromatic carbocycles. The Morgan fingerprint density at radius 1 is 1.24 bits per heavy atom. The van der Waals surface area contributed by atoms with Gasteiger partial charge in [-0.3, -0.25) is 4.79 Å². The van der Waals surface area contributed by atoms with Gasteiger partial charge in [-0.05, 0) is 30.0 Å². The molecule has 4 aromatic rings. The lowest BCUT2D eigenvalue weighted by atomic mass is 10.1. The molecule has 25 heavy (non-hydrogen) atoms. The van der Waals surface area contributed by atoms with Crippen LogP contribution in [-0.4, -0.2) is 9.97 Å². The van der Waals surface area contributed by atoms with Crippen LogP contribution in [0, 0.1) is 6.92 Å². The Hall–Kier alpha value is -2.21. The summed E-state index contributed by atoms with van der Waals surface area (Å²) in [6.07, 6.45) is 1.81. The van der Waals surface area contributed by atoms with Crippen molar-refractivity contribution in [2.24, 2.45) is 0 Å². The zero-order valence-electron chi connectivity index (χ0n) is 13.2. The van der Waals surface area contributed by atoms with Crippen molar-refractivity contribution in [1.29, 1.82) is 0 Å². The van der Waals surface area contributed by atoms with Crippen LogP contribution in [0.25, 0.3) is 31.8 Å².